The minimum atomic E-state index is 0.0859. The summed E-state index contributed by atoms with van der Waals surface area (Å²) in [5.74, 6) is 0.767. The average Bonchev–Trinajstić information content (AvgIpc) is 2.26. The number of hydrogen-bond acceptors (Lipinski definition) is 3. The molecule has 1 aliphatic heterocycles. The Morgan fingerprint density at radius 3 is 2.87 bits per heavy atom. The van der Waals surface area contributed by atoms with Crippen LogP contribution in [0.2, 0.25) is 0 Å². The van der Waals surface area contributed by atoms with Gasteiger partial charge < -0.3 is 15.4 Å². The second-order valence-corrected chi connectivity index (χ2v) is 3.97. The predicted octanol–water partition coefficient (Wildman–Crippen LogP) is 0.529. The Hall–Kier alpha value is -0.610. The van der Waals surface area contributed by atoms with Crippen molar-refractivity contribution in [1.82, 2.24) is 10.6 Å². The van der Waals surface area contributed by atoms with Gasteiger partial charge in [0, 0.05) is 19.6 Å². The first kappa shape index (κ1) is 12.5. The van der Waals surface area contributed by atoms with Crippen LogP contribution in [0.25, 0.3) is 0 Å². The van der Waals surface area contributed by atoms with Gasteiger partial charge in [-0.05, 0) is 38.8 Å². The van der Waals surface area contributed by atoms with E-state index in [1.54, 1.807) is 0 Å². The molecule has 0 spiro atoms. The second kappa shape index (κ2) is 7.65. The molecule has 1 amide bonds. The molecule has 4 nitrogen and oxygen atoms in total. The van der Waals surface area contributed by atoms with Gasteiger partial charge in [-0.15, -0.1) is 0 Å². The highest BCUT2D eigenvalue weighted by atomic mass is 16.5. The number of ether oxygens (including phenoxy) is 1. The first-order valence-electron chi connectivity index (χ1n) is 5.88. The number of hydrogen-bond donors (Lipinski definition) is 2. The summed E-state index contributed by atoms with van der Waals surface area (Å²) >= 11 is 0. The molecule has 1 saturated heterocycles. The van der Waals surface area contributed by atoms with Crippen molar-refractivity contribution in [3.63, 3.8) is 0 Å². The van der Waals surface area contributed by atoms with Gasteiger partial charge in [0.25, 0.3) is 0 Å². The summed E-state index contributed by atoms with van der Waals surface area (Å²) in [6.45, 7) is 6.19. The highest BCUT2D eigenvalue weighted by Crippen LogP contribution is 2.11. The van der Waals surface area contributed by atoms with Crippen molar-refractivity contribution in [2.75, 3.05) is 32.8 Å². The van der Waals surface area contributed by atoms with Gasteiger partial charge >= 0.3 is 0 Å². The van der Waals surface area contributed by atoms with E-state index in [1.807, 2.05) is 6.92 Å². The number of nitrogens with one attached hydrogen (secondary N) is 2. The largest absolute Gasteiger partial charge is 0.381 e. The van der Waals surface area contributed by atoms with E-state index in [0.29, 0.717) is 25.5 Å². The molecule has 0 aliphatic carbocycles. The molecule has 0 bridgehead atoms. The van der Waals surface area contributed by atoms with Crippen LogP contribution in [0.4, 0.5) is 0 Å². The van der Waals surface area contributed by atoms with Gasteiger partial charge in [0.2, 0.25) is 5.91 Å². The highest BCUT2D eigenvalue weighted by molar-refractivity contribution is 5.75. The number of amides is 1. The minimum Gasteiger partial charge on any atom is -0.381 e. The van der Waals surface area contributed by atoms with E-state index in [1.165, 1.54) is 12.8 Å². The Kier molecular flexibility index (Phi) is 6.36. The number of piperidine rings is 1. The van der Waals surface area contributed by atoms with Crippen LogP contribution in [0.15, 0.2) is 0 Å². The van der Waals surface area contributed by atoms with E-state index >= 15 is 0 Å². The number of rotatable bonds is 6. The van der Waals surface area contributed by atoms with Crippen molar-refractivity contribution in [3.05, 3.63) is 0 Å². The predicted molar refractivity (Wildman–Crippen MR) is 59.7 cm³/mol. The van der Waals surface area contributed by atoms with E-state index in [2.05, 4.69) is 10.6 Å². The van der Waals surface area contributed by atoms with Crippen LogP contribution in [-0.2, 0) is 9.53 Å². The molecule has 0 aromatic rings. The summed E-state index contributed by atoms with van der Waals surface area (Å²) in [6.07, 6.45) is 2.88. The van der Waals surface area contributed by atoms with Crippen LogP contribution in [0, 0.1) is 5.92 Å². The van der Waals surface area contributed by atoms with E-state index in [-0.39, 0.29) is 5.91 Å². The lowest BCUT2D eigenvalue weighted by Crippen LogP contribution is -2.30. The Morgan fingerprint density at radius 1 is 1.47 bits per heavy atom. The standard InChI is InChI=1S/C11H22N2O2/c1-2-13-11(14)5-8-15-9-10-3-6-12-7-4-10/h10,12H,2-9H2,1H3,(H,13,14). The molecule has 0 aromatic carbocycles. The molecule has 1 heterocycles. The van der Waals surface area contributed by atoms with E-state index in [4.69, 9.17) is 4.74 Å². The summed E-state index contributed by atoms with van der Waals surface area (Å²) in [5.41, 5.74) is 0. The van der Waals surface area contributed by atoms with Gasteiger partial charge in [0.1, 0.15) is 0 Å². The van der Waals surface area contributed by atoms with Crippen molar-refractivity contribution >= 4 is 5.91 Å². The summed E-state index contributed by atoms with van der Waals surface area (Å²) in [4.78, 5) is 11.1. The topological polar surface area (TPSA) is 50.4 Å². The van der Waals surface area contributed by atoms with Crippen molar-refractivity contribution in [2.24, 2.45) is 5.92 Å². The molecule has 4 heteroatoms. The average molecular weight is 214 g/mol. The van der Waals surface area contributed by atoms with E-state index < -0.39 is 0 Å². The fraction of sp³-hybridized carbons (Fsp3) is 0.909. The monoisotopic (exact) mass is 214 g/mol. The van der Waals surface area contributed by atoms with Crippen LogP contribution in [0.1, 0.15) is 26.2 Å². The molecule has 0 atom stereocenters. The fourth-order valence-corrected chi connectivity index (χ4v) is 1.75. The van der Waals surface area contributed by atoms with Gasteiger partial charge in [-0.1, -0.05) is 0 Å². The third kappa shape index (κ3) is 5.74. The lowest BCUT2D eigenvalue weighted by Gasteiger charge is -2.22. The molecular weight excluding hydrogens is 192 g/mol. The highest BCUT2D eigenvalue weighted by Gasteiger charge is 2.12. The zero-order valence-electron chi connectivity index (χ0n) is 9.55. The van der Waals surface area contributed by atoms with Crippen LogP contribution in [0.5, 0.6) is 0 Å². The van der Waals surface area contributed by atoms with Gasteiger partial charge in [0.05, 0.1) is 6.61 Å². The zero-order chi connectivity index (χ0) is 10.9. The Morgan fingerprint density at radius 2 is 2.20 bits per heavy atom. The molecule has 0 unspecified atom stereocenters. The summed E-state index contributed by atoms with van der Waals surface area (Å²) in [7, 11) is 0. The third-order valence-corrected chi connectivity index (χ3v) is 2.66. The fourth-order valence-electron chi connectivity index (χ4n) is 1.75. The molecule has 15 heavy (non-hydrogen) atoms. The second-order valence-electron chi connectivity index (χ2n) is 3.97. The molecule has 0 saturated carbocycles. The third-order valence-electron chi connectivity index (χ3n) is 2.66. The summed E-state index contributed by atoms with van der Waals surface area (Å²) in [5, 5.41) is 6.08. The van der Waals surface area contributed by atoms with Crippen molar-refractivity contribution in [1.29, 1.82) is 0 Å². The van der Waals surface area contributed by atoms with E-state index in [0.717, 1.165) is 19.7 Å². The van der Waals surface area contributed by atoms with Crippen LogP contribution in [-0.4, -0.2) is 38.8 Å². The zero-order valence-corrected chi connectivity index (χ0v) is 9.55. The lowest BCUT2D eigenvalue weighted by molar-refractivity contribution is -0.122. The van der Waals surface area contributed by atoms with Crippen molar-refractivity contribution in [2.45, 2.75) is 26.2 Å². The summed E-state index contributed by atoms with van der Waals surface area (Å²) in [6, 6.07) is 0. The molecule has 1 aliphatic rings. The number of carbonyl (C=O) groups is 1. The molecule has 1 rings (SSSR count). The van der Waals surface area contributed by atoms with Crippen LogP contribution < -0.4 is 10.6 Å². The van der Waals surface area contributed by atoms with Crippen LogP contribution in [0.3, 0.4) is 0 Å². The smallest absolute Gasteiger partial charge is 0.222 e. The molecule has 1 fully saturated rings. The van der Waals surface area contributed by atoms with Gasteiger partial charge in [-0.25, -0.2) is 0 Å². The SMILES string of the molecule is CCNC(=O)CCOCC1CCNCC1. The van der Waals surface area contributed by atoms with Gasteiger partial charge in [-0.3, -0.25) is 4.79 Å². The lowest BCUT2D eigenvalue weighted by atomic mass is 9.99. The molecular formula is C11H22N2O2. The quantitative estimate of drug-likeness (QED) is 0.634. The Labute approximate surface area is 91.8 Å². The Bertz CT molecular complexity index is 179. The maximum absolute atomic E-state index is 11.1. The first-order valence-corrected chi connectivity index (χ1v) is 5.88. The molecule has 0 aromatic heterocycles. The normalized spacial score (nSPS) is 17.7. The van der Waals surface area contributed by atoms with Crippen molar-refractivity contribution in [3.8, 4) is 0 Å². The first-order chi connectivity index (χ1) is 7.33. The Balaban J connectivity index is 1.93. The van der Waals surface area contributed by atoms with Crippen molar-refractivity contribution < 1.29 is 9.53 Å². The molecule has 0 radical (unpaired) electrons. The van der Waals surface area contributed by atoms with E-state index in [9.17, 15) is 4.79 Å². The number of carbonyl (C=O) groups excluding carboxylic acids is 1. The maximum Gasteiger partial charge on any atom is 0.222 e. The minimum absolute atomic E-state index is 0.0859. The molecule has 2 N–H and O–H groups in total. The molecule has 88 valence electrons. The van der Waals surface area contributed by atoms with Gasteiger partial charge in [-0.2, -0.15) is 0 Å². The van der Waals surface area contributed by atoms with Crippen LogP contribution >= 0.6 is 0 Å². The summed E-state index contributed by atoms with van der Waals surface area (Å²) < 4.78 is 5.50. The van der Waals surface area contributed by atoms with Gasteiger partial charge in [0.15, 0.2) is 0 Å². The maximum atomic E-state index is 11.1.